The molecule has 3 amide bonds. The summed E-state index contributed by atoms with van der Waals surface area (Å²) in [5, 5.41) is 4.89. The predicted molar refractivity (Wildman–Crippen MR) is 139 cm³/mol. The standard InChI is InChI=1S/C28H32F5N3O5/c1-15(2)36-23-17(12-18(29)14-19(23)30)10-11-20(25(36)38)34-24(37)21(35-26(39)41-27(3,4)5)13-16-8-6-7-9-22(16)40-28(31,32)33/h6-9,12,14-15,20-21H,10-11,13H2,1-5H3,(H,34,37)(H,35,39)/t20-,21+/m0/s1. The number of carbonyl (C=O) groups is 3. The molecule has 1 heterocycles. The SMILES string of the molecule is CC(C)N1C(=O)[C@@H](NC(=O)[C@@H](Cc2ccccc2OC(F)(F)F)NC(=O)OC(C)(C)C)CCc2cc(F)cc(F)c21. The highest BCUT2D eigenvalue weighted by Gasteiger charge is 2.37. The van der Waals surface area contributed by atoms with Gasteiger partial charge in [0.15, 0.2) is 0 Å². The third-order valence-electron chi connectivity index (χ3n) is 6.05. The van der Waals surface area contributed by atoms with Gasteiger partial charge in [-0.2, -0.15) is 0 Å². The maximum absolute atomic E-state index is 14.8. The number of benzene rings is 2. The number of ether oxygens (including phenoxy) is 2. The van der Waals surface area contributed by atoms with Crippen LogP contribution in [0.4, 0.5) is 32.4 Å². The smallest absolute Gasteiger partial charge is 0.444 e. The van der Waals surface area contributed by atoms with E-state index in [1.807, 2.05) is 0 Å². The van der Waals surface area contributed by atoms with Crippen LogP contribution < -0.4 is 20.3 Å². The normalized spacial score (nSPS) is 16.5. The number of alkyl carbamates (subject to hydrolysis) is 1. The van der Waals surface area contributed by atoms with Gasteiger partial charge in [0.05, 0.1) is 5.69 Å². The van der Waals surface area contributed by atoms with E-state index in [0.29, 0.717) is 6.07 Å². The third-order valence-corrected chi connectivity index (χ3v) is 6.05. The van der Waals surface area contributed by atoms with Crippen LogP contribution in [0.1, 0.15) is 52.2 Å². The van der Waals surface area contributed by atoms with Gasteiger partial charge in [-0.25, -0.2) is 13.6 Å². The van der Waals surface area contributed by atoms with Gasteiger partial charge in [-0.15, -0.1) is 13.2 Å². The fourth-order valence-electron chi connectivity index (χ4n) is 4.48. The number of hydrogen-bond acceptors (Lipinski definition) is 5. The molecule has 13 heteroatoms. The number of hydrogen-bond donors (Lipinski definition) is 2. The minimum Gasteiger partial charge on any atom is -0.444 e. The summed E-state index contributed by atoms with van der Waals surface area (Å²) in [7, 11) is 0. The van der Waals surface area contributed by atoms with Crippen LogP contribution in [0.3, 0.4) is 0 Å². The lowest BCUT2D eigenvalue weighted by Gasteiger charge is -2.31. The van der Waals surface area contributed by atoms with Crippen molar-refractivity contribution in [2.45, 2.75) is 84.0 Å². The Hall–Kier alpha value is -3.90. The zero-order valence-electron chi connectivity index (χ0n) is 23.2. The lowest BCUT2D eigenvalue weighted by molar-refractivity contribution is -0.274. The van der Waals surface area contributed by atoms with Crippen molar-refractivity contribution in [2.24, 2.45) is 0 Å². The Balaban J connectivity index is 1.92. The molecule has 0 saturated carbocycles. The quantitative estimate of drug-likeness (QED) is 0.437. The number of fused-ring (bicyclic) bond motifs is 1. The van der Waals surface area contributed by atoms with Gasteiger partial charge in [0, 0.05) is 18.5 Å². The summed E-state index contributed by atoms with van der Waals surface area (Å²) in [6, 6.07) is 3.60. The molecule has 0 fully saturated rings. The lowest BCUT2D eigenvalue weighted by Crippen LogP contribution is -2.56. The first kappa shape index (κ1) is 31.6. The van der Waals surface area contributed by atoms with Crippen LogP contribution in [0.2, 0.25) is 0 Å². The number of amides is 3. The minimum absolute atomic E-state index is 0.0311. The van der Waals surface area contributed by atoms with Crippen molar-refractivity contribution in [1.29, 1.82) is 0 Å². The van der Waals surface area contributed by atoms with Crippen LogP contribution in [0.5, 0.6) is 5.75 Å². The number of rotatable bonds is 7. The highest BCUT2D eigenvalue weighted by atomic mass is 19.4. The molecule has 2 atom stereocenters. The monoisotopic (exact) mass is 585 g/mol. The number of alkyl halides is 3. The summed E-state index contributed by atoms with van der Waals surface area (Å²) in [6.45, 7) is 7.99. The summed E-state index contributed by atoms with van der Waals surface area (Å²) in [5.41, 5.74) is -0.863. The topological polar surface area (TPSA) is 97.0 Å². The molecule has 0 radical (unpaired) electrons. The summed E-state index contributed by atoms with van der Waals surface area (Å²) in [6.07, 6.45) is -6.48. The summed E-state index contributed by atoms with van der Waals surface area (Å²) >= 11 is 0. The molecule has 3 rings (SSSR count). The van der Waals surface area contributed by atoms with Crippen LogP contribution >= 0.6 is 0 Å². The fourth-order valence-corrected chi connectivity index (χ4v) is 4.48. The van der Waals surface area contributed by atoms with Gasteiger partial charge in [0.2, 0.25) is 11.8 Å². The van der Waals surface area contributed by atoms with Gasteiger partial charge in [0.25, 0.3) is 0 Å². The van der Waals surface area contributed by atoms with Crippen molar-refractivity contribution in [3.05, 3.63) is 59.2 Å². The van der Waals surface area contributed by atoms with E-state index in [2.05, 4.69) is 15.4 Å². The molecule has 1 aliphatic rings. The van der Waals surface area contributed by atoms with Crippen LogP contribution in [-0.2, 0) is 27.2 Å². The van der Waals surface area contributed by atoms with Gasteiger partial charge in [0.1, 0.15) is 35.1 Å². The zero-order valence-corrected chi connectivity index (χ0v) is 23.2. The molecule has 0 aromatic heterocycles. The van der Waals surface area contributed by atoms with Crippen LogP contribution in [-0.4, -0.2) is 48.0 Å². The molecule has 0 spiro atoms. The number of para-hydroxylation sites is 1. The Kier molecular flexibility index (Phi) is 9.50. The number of halogens is 5. The van der Waals surface area contributed by atoms with Crippen LogP contribution in [0, 0.1) is 11.6 Å². The highest BCUT2D eigenvalue weighted by Crippen LogP contribution is 2.33. The number of carbonyl (C=O) groups excluding carboxylic acids is 3. The van der Waals surface area contributed by atoms with E-state index < -0.39 is 71.8 Å². The van der Waals surface area contributed by atoms with Crippen molar-refractivity contribution in [3.8, 4) is 5.75 Å². The van der Waals surface area contributed by atoms with Crippen molar-refractivity contribution in [3.63, 3.8) is 0 Å². The van der Waals surface area contributed by atoms with Crippen molar-refractivity contribution in [1.82, 2.24) is 10.6 Å². The second kappa shape index (κ2) is 12.3. The molecular formula is C28H32F5N3O5. The summed E-state index contributed by atoms with van der Waals surface area (Å²) in [5.74, 6) is -3.90. The first-order chi connectivity index (χ1) is 18.9. The van der Waals surface area contributed by atoms with Gasteiger partial charge in [-0.05, 0) is 70.7 Å². The molecule has 41 heavy (non-hydrogen) atoms. The highest BCUT2D eigenvalue weighted by molar-refractivity contribution is 6.01. The van der Waals surface area contributed by atoms with Gasteiger partial charge in [-0.1, -0.05) is 18.2 Å². The largest absolute Gasteiger partial charge is 0.573 e. The fraction of sp³-hybridized carbons (Fsp3) is 0.464. The van der Waals surface area contributed by atoms with Gasteiger partial charge in [-0.3, -0.25) is 9.59 Å². The average molecular weight is 586 g/mol. The third kappa shape index (κ3) is 8.54. The van der Waals surface area contributed by atoms with E-state index in [-0.39, 0.29) is 29.7 Å². The number of anilines is 1. The molecule has 0 saturated heterocycles. The number of nitrogens with one attached hydrogen (secondary N) is 2. The minimum atomic E-state index is -5.01. The molecule has 224 valence electrons. The Morgan fingerprint density at radius 1 is 1.10 bits per heavy atom. The molecule has 1 aliphatic heterocycles. The Morgan fingerprint density at radius 3 is 2.37 bits per heavy atom. The van der Waals surface area contributed by atoms with E-state index in [4.69, 9.17) is 4.74 Å². The summed E-state index contributed by atoms with van der Waals surface area (Å²) in [4.78, 5) is 40.7. The maximum atomic E-state index is 14.8. The van der Waals surface area contributed by atoms with Gasteiger partial charge >= 0.3 is 12.5 Å². The van der Waals surface area contributed by atoms with E-state index in [1.54, 1.807) is 34.6 Å². The van der Waals surface area contributed by atoms with E-state index in [9.17, 15) is 36.3 Å². The first-order valence-corrected chi connectivity index (χ1v) is 12.9. The first-order valence-electron chi connectivity index (χ1n) is 12.9. The second-order valence-electron chi connectivity index (χ2n) is 10.9. The van der Waals surface area contributed by atoms with Crippen molar-refractivity contribution in [2.75, 3.05) is 4.90 Å². The summed E-state index contributed by atoms with van der Waals surface area (Å²) < 4.78 is 77.0. The van der Waals surface area contributed by atoms with Crippen molar-refractivity contribution >= 4 is 23.6 Å². The van der Waals surface area contributed by atoms with E-state index in [1.165, 1.54) is 18.2 Å². The zero-order chi connectivity index (χ0) is 30.7. The lowest BCUT2D eigenvalue weighted by atomic mass is 10.0. The molecular weight excluding hydrogens is 553 g/mol. The molecule has 0 aliphatic carbocycles. The molecule has 2 aromatic carbocycles. The van der Waals surface area contributed by atoms with Gasteiger partial charge < -0.3 is 25.0 Å². The Labute approximate surface area is 234 Å². The van der Waals surface area contributed by atoms with Crippen LogP contribution in [0.25, 0.3) is 0 Å². The molecule has 0 bridgehead atoms. The van der Waals surface area contributed by atoms with E-state index >= 15 is 0 Å². The number of aryl methyl sites for hydroxylation is 1. The van der Waals surface area contributed by atoms with Crippen LogP contribution in [0.15, 0.2) is 36.4 Å². The van der Waals surface area contributed by atoms with E-state index in [0.717, 1.165) is 17.0 Å². The van der Waals surface area contributed by atoms with Crippen molar-refractivity contribution < 1.29 is 45.8 Å². The molecule has 2 N–H and O–H groups in total. The maximum Gasteiger partial charge on any atom is 0.573 e. The number of nitrogens with zero attached hydrogens (tertiary/aromatic N) is 1. The molecule has 0 unspecified atom stereocenters. The average Bonchev–Trinajstić information content (AvgIpc) is 2.94. The molecule has 2 aromatic rings. The molecule has 8 nitrogen and oxygen atoms in total. The second-order valence-corrected chi connectivity index (χ2v) is 10.9. The predicted octanol–water partition coefficient (Wildman–Crippen LogP) is 5.17. The Morgan fingerprint density at radius 2 is 1.76 bits per heavy atom. The Bertz CT molecular complexity index is 1290.